The molecule has 0 atom stereocenters. The zero-order chi connectivity index (χ0) is 28.1. The van der Waals surface area contributed by atoms with Crippen LogP contribution in [-0.4, -0.2) is 80.1 Å². The molecule has 1 aliphatic rings. The van der Waals surface area contributed by atoms with Gasteiger partial charge >= 0.3 is 11.9 Å². The molecule has 208 valence electrons. The van der Waals surface area contributed by atoms with Crippen LogP contribution >= 0.6 is 15.9 Å². The molecule has 3 N–H and O–H groups in total. The summed E-state index contributed by atoms with van der Waals surface area (Å²) in [6.45, 7) is 2.75. The lowest BCUT2D eigenvalue weighted by atomic mass is 9.98. The molecule has 0 bridgehead atoms. The predicted octanol–water partition coefficient (Wildman–Crippen LogP) is 3.54. The van der Waals surface area contributed by atoms with Gasteiger partial charge in [-0.1, -0.05) is 15.9 Å². The van der Waals surface area contributed by atoms with Gasteiger partial charge in [-0.2, -0.15) is 0 Å². The molecule has 1 amide bonds. The molecule has 10 nitrogen and oxygen atoms in total. The normalized spacial score (nSPS) is 12.4. The largest absolute Gasteiger partial charge is 0.493 e. The highest BCUT2D eigenvalue weighted by Crippen LogP contribution is 2.33. The van der Waals surface area contributed by atoms with Gasteiger partial charge in [-0.05, 0) is 67.3 Å². The van der Waals surface area contributed by atoms with Gasteiger partial charge in [0.1, 0.15) is 19.0 Å². The topological polar surface area (TPSA) is 135 Å². The lowest BCUT2D eigenvalue weighted by Gasteiger charge is -2.29. The summed E-state index contributed by atoms with van der Waals surface area (Å²) in [6, 6.07) is 9.28. The predicted molar refractivity (Wildman–Crippen MR) is 141 cm³/mol. The van der Waals surface area contributed by atoms with Gasteiger partial charge in [-0.25, -0.2) is 14.0 Å². The molecule has 1 heterocycles. The van der Waals surface area contributed by atoms with Crippen molar-refractivity contribution in [2.75, 3.05) is 47.1 Å². The quantitative estimate of drug-likeness (QED) is 0.262. The average molecular weight is 599 g/mol. The van der Waals surface area contributed by atoms with E-state index < -0.39 is 18.6 Å². The monoisotopic (exact) mass is 598 g/mol. The van der Waals surface area contributed by atoms with E-state index in [4.69, 9.17) is 34.0 Å². The van der Waals surface area contributed by atoms with Gasteiger partial charge in [0.15, 0.2) is 11.5 Å². The minimum Gasteiger partial charge on any atom is -0.493 e. The number of fused-ring (bicyclic) bond motifs is 1. The van der Waals surface area contributed by atoms with E-state index in [-0.39, 0.29) is 12.5 Å². The average Bonchev–Trinajstić information content (AvgIpc) is 2.91. The maximum Gasteiger partial charge on any atom is 0.414 e. The highest BCUT2D eigenvalue weighted by atomic mass is 79.9. The van der Waals surface area contributed by atoms with Crippen LogP contribution in [-0.2, 0) is 22.6 Å². The molecule has 2 aromatic carbocycles. The third-order valence-corrected chi connectivity index (χ3v) is 6.18. The number of carboxylic acid groups (broad SMARTS) is 2. The van der Waals surface area contributed by atoms with Gasteiger partial charge in [0.05, 0.1) is 19.8 Å². The molecule has 0 aliphatic carbocycles. The van der Waals surface area contributed by atoms with Crippen LogP contribution in [0.2, 0.25) is 0 Å². The number of halogens is 2. The Morgan fingerprint density at radius 1 is 1.00 bits per heavy atom. The van der Waals surface area contributed by atoms with Crippen molar-refractivity contribution >= 4 is 33.8 Å². The van der Waals surface area contributed by atoms with Crippen LogP contribution in [0.25, 0.3) is 0 Å². The van der Waals surface area contributed by atoms with Gasteiger partial charge in [0.25, 0.3) is 5.91 Å². The molecule has 0 spiro atoms. The molecule has 2 aromatic rings. The number of carbonyl (C=O) groups is 3. The van der Waals surface area contributed by atoms with E-state index in [0.29, 0.717) is 17.9 Å². The van der Waals surface area contributed by atoms with E-state index in [1.165, 1.54) is 11.1 Å². The van der Waals surface area contributed by atoms with Crippen molar-refractivity contribution in [1.29, 1.82) is 0 Å². The summed E-state index contributed by atoms with van der Waals surface area (Å²) in [5.74, 6) is -1.93. The molecule has 0 aromatic heterocycles. The molecular weight excluding hydrogens is 567 g/mol. The first kappa shape index (κ1) is 30.8. The SMILES string of the molecule is COc1cc2c(cc1OC)CN(CCCCNC(=O)c1cc(Br)ccc1OCCF)CC2.O=C(O)C(=O)O. The van der Waals surface area contributed by atoms with Crippen LogP contribution < -0.4 is 19.5 Å². The smallest absolute Gasteiger partial charge is 0.414 e. The molecule has 0 radical (unpaired) electrons. The van der Waals surface area contributed by atoms with Crippen molar-refractivity contribution in [2.24, 2.45) is 0 Å². The highest BCUT2D eigenvalue weighted by molar-refractivity contribution is 9.10. The van der Waals surface area contributed by atoms with Crippen LogP contribution in [0.1, 0.15) is 34.3 Å². The lowest BCUT2D eigenvalue weighted by molar-refractivity contribution is -0.159. The number of carbonyl (C=O) groups excluding carboxylic acids is 1. The van der Waals surface area contributed by atoms with Crippen LogP contribution in [0.5, 0.6) is 17.2 Å². The molecule has 3 rings (SSSR count). The molecule has 0 fully saturated rings. The number of hydrogen-bond acceptors (Lipinski definition) is 7. The summed E-state index contributed by atoms with van der Waals surface area (Å²) in [7, 11) is 3.32. The standard InChI is InChI=1S/C24H30BrFN2O4.C2H2O4/c1-30-22-13-17-7-11-28(16-18(17)14-23(22)31-2)10-4-3-9-27-24(29)20-15-19(25)5-6-21(20)32-12-8-26;3-1(4)2(5)6/h5-6,13-15H,3-4,7-12,16H2,1-2H3,(H,27,29);(H,3,4)(H,5,6). The molecule has 38 heavy (non-hydrogen) atoms. The van der Waals surface area contributed by atoms with Gasteiger partial charge in [-0.15, -0.1) is 0 Å². The fourth-order valence-electron chi connectivity index (χ4n) is 3.84. The first-order valence-corrected chi connectivity index (χ1v) is 12.7. The Morgan fingerprint density at radius 2 is 1.66 bits per heavy atom. The molecule has 1 aliphatic heterocycles. The van der Waals surface area contributed by atoms with Gasteiger partial charge in [0.2, 0.25) is 0 Å². The molecule has 0 unspecified atom stereocenters. The first-order valence-electron chi connectivity index (χ1n) is 11.9. The van der Waals surface area contributed by atoms with E-state index in [0.717, 1.165) is 54.9 Å². The van der Waals surface area contributed by atoms with Crippen LogP contribution in [0, 0.1) is 0 Å². The van der Waals surface area contributed by atoms with Crippen molar-refractivity contribution in [2.45, 2.75) is 25.8 Å². The molecule has 12 heteroatoms. The Hall–Kier alpha value is -3.38. The van der Waals surface area contributed by atoms with E-state index in [1.54, 1.807) is 32.4 Å². The van der Waals surface area contributed by atoms with Crippen LogP contribution in [0.4, 0.5) is 4.39 Å². The summed E-state index contributed by atoms with van der Waals surface area (Å²) < 4.78 is 29.4. The summed E-state index contributed by atoms with van der Waals surface area (Å²) in [6.07, 6.45) is 2.83. The van der Waals surface area contributed by atoms with Crippen molar-refractivity contribution in [3.05, 3.63) is 51.5 Å². The minimum atomic E-state index is -1.82. The van der Waals surface area contributed by atoms with Gasteiger partial charge in [-0.3, -0.25) is 9.69 Å². The molecular formula is C26H32BrFN2O8. The number of carboxylic acids is 2. The number of rotatable bonds is 11. The summed E-state index contributed by atoms with van der Waals surface area (Å²) in [4.78, 5) is 33.2. The maximum absolute atomic E-state index is 12.6. The van der Waals surface area contributed by atoms with Gasteiger partial charge in [0, 0.05) is 24.1 Å². The summed E-state index contributed by atoms with van der Waals surface area (Å²) >= 11 is 3.37. The van der Waals surface area contributed by atoms with E-state index in [9.17, 15) is 9.18 Å². The highest BCUT2D eigenvalue weighted by Gasteiger charge is 2.19. The fraction of sp³-hybridized carbons (Fsp3) is 0.423. The number of nitrogens with zero attached hydrogens (tertiary/aromatic N) is 1. The number of benzene rings is 2. The Labute approximate surface area is 228 Å². The van der Waals surface area contributed by atoms with Crippen LogP contribution in [0.3, 0.4) is 0 Å². The number of alkyl halides is 1. The van der Waals surface area contributed by atoms with Crippen molar-refractivity contribution < 1.29 is 43.2 Å². The Bertz CT molecular complexity index is 1100. The van der Waals surface area contributed by atoms with Crippen molar-refractivity contribution in [3.63, 3.8) is 0 Å². The third-order valence-electron chi connectivity index (χ3n) is 5.69. The second kappa shape index (κ2) is 15.8. The summed E-state index contributed by atoms with van der Waals surface area (Å²) in [5.41, 5.74) is 2.99. The van der Waals surface area contributed by atoms with Crippen LogP contribution in [0.15, 0.2) is 34.8 Å². The lowest BCUT2D eigenvalue weighted by Crippen LogP contribution is -2.32. The minimum absolute atomic E-state index is 0.0699. The van der Waals surface area contributed by atoms with E-state index in [2.05, 4.69) is 38.3 Å². The number of methoxy groups -OCH3 is 2. The second-order valence-corrected chi connectivity index (χ2v) is 9.17. The van der Waals surface area contributed by atoms with Crippen molar-refractivity contribution in [1.82, 2.24) is 10.2 Å². The third kappa shape index (κ3) is 9.49. The molecule has 0 saturated carbocycles. The van der Waals surface area contributed by atoms with E-state index in [1.807, 2.05) is 0 Å². The van der Waals surface area contributed by atoms with Crippen molar-refractivity contribution in [3.8, 4) is 17.2 Å². The zero-order valence-electron chi connectivity index (χ0n) is 21.3. The Morgan fingerprint density at radius 3 is 2.26 bits per heavy atom. The summed E-state index contributed by atoms with van der Waals surface area (Å²) in [5, 5.41) is 17.7. The second-order valence-electron chi connectivity index (χ2n) is 8.25. The number of nitrogens with one attached hydrogen (secondary N) is 1. The number of unbranched alkanes of at least 4 members (excludes halogenated alkanes) is 1. The maximum atomic E-state index is 12.6. The first-order chi connectivity index (χ1) is 18.2. The zero-order valence-corrected chi connectivity index (χ0v) is 22.9. The fourth-order valence-corrected chi connectivity index (χ4v) is 4.21. The number of hydrogen-bond donors (Lipinski definition) is 3. The molecule has 0 saturated heterocycles. The van der Waals surface area contributed by atoms with E-state index >= 15 is 0 Å². The van der Waals surface area contributed by atoms with Gasteiger partial charge < -0.3 is 29.7 Å². The number of ether oxygens (including phenoxy) is 3. The number of amides is 1. The number of aliphatic carboxylic acids is 2. The Kier molecular flexibility index (Phi) is 12.8. The Balaban J connectivity index is 0.000000757.